The maximum Gasteiger partial charge on any atom is -1.00 e. The third kappa shape index (κ3) is 6.26. The Morgan fingerprint density at radius 1 is 0.736 bits per heavy atom. The molecule has 1 unspecified atom stereocenters. The van der Waals surface area contributed by atoms with E-state index in [0.29, 0.717) is 5.92 Å². The quantitative estimate of drug-likeness (QED) is 0.177. The molecule has 0 saturated carbocycles. The summed E-state index contributed by atoms with van der Waals surface area (Å²) in [6.07, 6.45) is 7.23. The van der Waals surface area contributed by atoms with E-state index in [1.807, 2.05) is 0 Å². The van der Waals surface area contributed by atoms with Gasteiger partial charge in [-0.1, -0.05) is 0 Å². The van der Waals surface area contributed by atoms with Gasteiger partial charge in [-0.15, -0.1) is 0 Å². The van der Waals surface area contributed by atoms with Gasteiger partial charge in [-0.2, -0.15) is 0 Å². The van der Waals surface area contributed by atoms with Gasteiger partial charge in [0.1, 0.15) is 0 Å². The van der Waals surface area contributed by atoms with Crippen molar-refractivity contribution < 1.29 is 46.1 Å². The maximum atomic E-state index is 2.65. The maximum absolute atomic E-state index is 2.93. The van der Waals surface area contributed by atoms with Crippen LogP contribution in [0.2, 0.25) is 0 Å². The van der Waals surface area contributed by atoms with Crippen LogP contribution < -0.4 is 24.8 Å². The van der Waals surface area contributed by atoms with Crippen LogP contribution in [0.15, 0.2) is 115 Å². The first kappa shape index (κ1) is 39.9. The monoisotopic (exact) mass is 814 g/mol. The molecule has 8 rings (SSSR count). The van der Waals surface area contributed by atoms with Gasteiger partial charge in [0.05, 0.1) is 0 Å². The van der Waals surface area contributed by atoms with Crippen LogP contribution in [-0.4, -0.2) is 3.21 Å². The van der Waals surface area contributed by atoms with E-state index in [9.17, 15) is 0 Å². The average Bonchev–Trinajstić information content (AvgIpc) is 3.75. The first-order chi connectivity index (χ1) is 24.1. The first-order valence-electron chi connectivity index (χ1n) is 19.2. The molecule has 0 radical (unpaired) electrons. The van der Waals surface area contributed by atoms with Gasteiger partial charge in [0, 0.05) is 0 Å². The fourth-order valence-corrected chi connectivity index (χ4v) is 20.4. The van der Waals surface area contributed by atoms with Gasteiger partial charge in [0.2, 0.25) is 0 Å². The van der Waals surface area contributed by atoms with E-state index in [1.165, 1.54) is 61.2 Å². The summed E-state index contributed by atoms with van der Waals surface area (Å²) in [5, 5.41) is 0. The molecule has 1 atom stereocenters. The Kier molecular flexibility index (Phi) is 10.6. The van der Waals surface area contributed by atoms with E-state index in [2.05, 4.69) is 173 Å². The van der Waals surface area contributed by atoms with Crippen molar-refractivity contribution in [3.63, 3.8) is 0 Å². The Morgan fingerprint density at radius 2 is 1.26 bits per heavy atom. The molecule has 0 nitrogen and oxygen atoms in total. The fourth-order valence-electron chi connectivity index (χ4n) is 10.3. The van der Waals surface area contributed by atoms with E-state index >= 15 is 0 Å². The summed E-state index contributed by atoms with van der Waals surface area (Å²) in [4.78, 5) is 0. The van der Waals surface area contributed by atoms with Crippen molar-refractivity contribution in [2.75, 3.05) is 0 Å². The topological polar surface area (TPSA) is 0 Å². The van der Waals surface area contributed by atoms with E-state index < -0.39 is 21.3 Å². The molecule has 53 heavy (non-hydrogen) atoms. The number of hydrogen-bond acceptors (Lipinski definition) is 0. The van der Waals surface area contributed by atoms with Gasteiger partial charge in [0.25, 0.3) is 0 Å². The largest absolute Gasteiger partial charge is 1.00 e. The second kappa shape index (κ2) is 14.0. The predicted octanol–water partition coefficient (Wildman–Crippen LogP) is 7.16. The van der Waals surface area contributed by atoms with Crippen LogP contribution in [0.25, 0.3) is 22.3 Å². The van der Waals surface area contributed by atoms with Crippen molar-refractivity contribution in [2.24, 2.45) is 11.3 Å². The van der Waals surface area contributed by atoms with Crippen molar-refractivity contribution in [3.8, 4) is 11.1 Å². The van der Waals surface area contributed by atoms with Crippen LogP contribution >= 0.6 is 0 Å². The molecule has 0 saturated heterocycles. The van der Waals surface area contributed by atoms with Gasteiger partial charge in [-0.3, -0.25) is 0 Å². The standard InChI is InChI=1S/C25H25.C13H10.C12H19.2ClH.Zr/c1-14-12-24(3,4)22-8-16-7-17-9-23-19(15(2)13-25(23,5)6)11-21(17)20(16)10-18(14)22;1-3-7-12(8-4-1)11-13-9-5-2-6-10-13;1-6-10-7-9(2)8-11(10)12(3,4)5;;;/h8-12H,7H2,1-6H3;1-10H;8-9H,6H2,1-5H3;2*1H;/q;;;;;+2/p-2. The molecule has 0 fully saturated rings. The Labute approximate surface area is 339 Å². The zero-order chi connectivity index (χ0) is 36.2. The normalized spacial score (nSPS) is 18.6. The molecular formula is C50H54Cl2Zr. The van der Waals surface area contributed by atoms with Crippen molar-refractivity contribution >= 4 is 14.4 Å². The minimum Gasteiger partial charge on any atom is -1.00 e. The molecule has 0 bridgehead atoms. The molecule has 0 spiro atoms. The zero-order valence-electron chi connectivity index (χ0n) is 33.5. The Balaban J connectivity index is 0.00000240. The van der Waals surface area contributed by atoms with Crippen LogP contribution in [0.5, 0.6) is 0 Å². The summed E-state index contributed by atoms with van der Waals surface area (Å²) in [7, 11) is 0. The SMILES string of the molecule is CCC1=[C]([Zr+2]([C]2=C(C)c3cc4c(cc3C2(C)C)Cc2cc3c(cc2-4)C(C)=CC3(C)C)=[C](c2ccccc2)c2ccccc2)C(C)C=C1C(C)(C)C.[Cl-].[Cl-]. The van der Waals surface area contributed by atoms with Crippen LogP contribution in [0.4, 0.5) is 0 Å². The van der Waals surface area contributed by atoms with Crippen LogP contribution in [0, 0.1) is 11.3 Å². The Morgan fingerprint density at radius 3 is 1.79 bits per heavy atom. The number of benzene rings is 4. The smallest absolute Gasteiger partial charge is 1.00 e. The van der Waals surface area contributed by atoms with Crippen LogP contribution in [0.1, 0.15) is 127 Å². The van der Waals surface area contributed by atoms with E-state index in [-0.39, 0.29) is 41.1 Å². The minimum absolute atomic E-state index is 0. The van der Waals surface area contributed by atoms with E-state index in [1.54, 1.807) is 26.5 Å². The molecule has 0 heterocycles. The van der Waals surface area contributed by atoms with Crippen molar-refractivity contribution in [3.05, 3.63) is 159 Å². The van der Waals surface area contributed by atoms with Gasteiger partial charge in [-0.05, 0) is 0 Å². The molecule has 0 aromatic heterocycles. The fraction of sp³-hybridized carbons (Fsp3) is 0.340. The predicted molar refractivity (Wildman–Crippen MR) is 217 cm³/mol. The molecule has 0 aliphatic heterocycles. The third-order valence-electron chi connectivity index (χ3n) is 12.5. The number of rotatable bonds is 5. The third-order valence-corrected chi connectivity index (χ3v) is 22.0. The van der Waals surface area contributed by atoms with Gasteiger partial charge >= 0.3 is 317 Å². The average molecular weight is 817 g/mol. The first-order valence-corrected chi connectivity index (χ1v) is 22.9. The van der Waals surface area contributed by atoms with Crippen molar-refractivity contribution in [2.45, 2.75) is 99.8 Å². The molecular weight excluding hydrogens is 763 g/mol. The second-order valence-electron chi connectivity index (χ2n) is 17.8. The molecule has 4 aromatic carbocycles. The molecule has 3 heteroatoms. The molecule has 0 N–H and O–H groups in total. The molecule has 4 aliphatic rings. The number of hydrogen-bond donors (Lipinski definition) is 0. The van der Waals surface area contributed by atoms with E-state index in [4.69, 9.17) is 0 Å². The van der Waals surface area contributed by atoms with Crippen LogP contribution in [-0.2, 0) is 38.5 Å². The van der Waals surface area contributed by atoms with Crippen LogP contribution in [0.3, 0.4) is 0 Å². The second-order valence-corrected chi connectivity index (χ2v) is 23.4. The summed E-state index contributed by atoms with van der Waals surface area (Å²) in [5.41, 5.74) is 21.0. The minimum atomic E-state index is -2.93. The molecule has 272 valence electrons. The number of fused-ring (bicyclic) bond motifs is 5. The van der Waals surface area contributed by atoms with Gasteiger partial charge in [-0.25, -0.2) is 0 Å². The molecule has 0 amide bonds. The summed E-state index contributed by atoms with van der Waals surface area (Å²) >= 11 is -2.93. The Hall–Kier alpha value is -2.83. The van der Waals surface area contributed by atoms with Gasteiger partial charge < -0.3 is 24.8 Å². The Bertz CT molecular complexity index is 2260. The molecule has 4 aromatic rings. The van der Waals surface area contributed by atoms with Gasteiger partial charge in [0.15, 0.2) is 0 Å². The zero-order valence-corrected chi connectivity index (χ0v) is 37.5. The molecule has 4 aliphatic carbocycles. The number of halogens is 2. The van der Waals surface area contributed by atoms with Crippen molar-refractivity contribution in [1.82, 2.24) is 0 Å². The summed E-state index contributed by atoms with van der Waals surface area (Å²) in [5.74, 6) is 0.435. The van der Waals surface area contributed by atoms with Crippen molar-refractivity contribution in [1.29, 1.82) is 0 Å². The number of allylic oxidation sites excluding steroid dienone is 8. The van der Waals surface area contributed by atoms with E-state index in [0.717, 1.165) is 12.8 Å². The summed E-state index contributed by atoms with van der Waals surface area (Å²) in [6, 6.07) is 33.2. The summed E-state index contributed by atoms with van der Waals surface area (Å²) < 4.78 is 5.18. The summed E-state index contributed by atoms with van der Waals surface area (Å²) in [6.45, 7) is 26.8.